The van der Waals surface area contributed by atoms with Crippen LogP contribution in [0.15, 0.2) is 73.5 Å². The Hall–Kier alpha value is -3.22. The van der Waals surface area contributed by atoms with Crippen molar-refractivity contribution in [3.63, 3.8) is 0 Å². The number of non-ortho nitro benzene ring substituents is 1. The Morgan fingerprint density at radius 2 is 1.86 bits per heavy atom. The third kappa shape index (κ3) is 4.99. The third-order valence-corrected chi connectivity index (χ3v) is 5.00. The first kappa shape index (κ1) is 20.5. The normalized spacial score (nSPS) is 11.0. The first-order valence-electron chi connectivity index (χ1n) is 8.10. The molecule has 7 nitrogen and oxygen atoms in total. The van der Waals surface area contributed by atoms with Gasteiger partial charge in [0.2, 0.25) is 0 Å². The summed E-state index contributed by atoms with van der Waals surface area (Å²) in [5, 5.41) is 22.7. The van der Waals surface area contributed by atoms with Crippen molar-refractivity contribution in [3.8, 4) is 17.4 Å². The van der Waals surface area contributed by atoms with Gasteiger partial charge in [-0.3, -0.25) is 14.9 Å². The van der Waals surface area contributed by atoms with E-state index in [0.29, 0.717) is 21.7 Å². The molecule has 1 heterocycles. The molecule has 0 bridgehead atoms. The molecule has 9 heteroatoms. The van der Waals surface area contributed by atoms with Crippen LogP contribution in [0.5, 0.6) is 0 Å². The number of hydrogen-bond acceptors (Lipinski definition) is 5. The van der Waals surface area contributed by atoms with Crippen LogP contribution in [-0.4, -0.2) is 10.8 Å². The fraction of sp³-hybridized carbons (Fsp3) is 0. The zero-order chi connectivity index (χ0) is 21.0. The molecule has 0 aliphatic heterocycles. The number of nitro groups is 1. The maximum atomic E-state index is 12.4. The van der Waals surface area contributed by atoms with Crippen LogP contribution in [0.3, 0.4) is 0 Å². The number of nitrogens with zero attached hydrogens (tertiary/aromatic N) is 2. The predicted molar refractivity (Wildman–Crippen MR) is 115 cm³/mol. The van der Waals surface area contributed by atoms with Crippen molar-refractivity contribution >= 4 is 55.2 Å². The Morgan fingerprint density at radius 1 is 1.14 bits per heavy atom. The number of anilines is 1. The van der Waals surface area contributed by atoms with Crippen LogP contribution in [-0.2, 0) is 4.79 Å². The Balaban J connectivity index is 1.80. The van der Waals surface area contributed by atoms with Crippen LogP contribution in [0.25, 0.3) is 17.4 Å². The van der Waals surface area contributed by atoms with Crippen molar-refractivity contribution in [2.24, 2.45) is 0 Å². The maximum Gasteiger partial charge on any atom is 0.270 e. The van der Waals surface area contributed by atoms with E-state index < -0.39 is 10.8 Å². The third-order valence-electron chi connectivity index (χ3n) is 3.82. The molecular formula is C20H11Br2N3O4. The minimum Gasteiger partial charge on any atom is -0.457 e. The molecule has 0 aliphatic carbocycles. The van der Waals surface area contributed by atoms with Gasteiger partial charge < -0.3 is 9.73 Å². The van der Waals surface area contributed by atoms with E-state index in [9.17, 15) is 20.2 Å². The summed E-state index contributed by atoms with van der Waals surface area (Å²) in [5.41, 5.74) is 0.858. The van der Waals surface area contributed by atoms with Crippen LogP contribution in [0.4, 0.5) is 11.4 Å². The lowest BCUT2D eigenvalue weighted by molar-refractivity contribution is -0.384. The van der Waals surface area contributed by atoms with Crippen LogP contribution in [0, 0.1) is 21.4 Å². The second kappa shape index (κ2) is 8.86. The average molecular weight is 517 g/mol. The lowest BCUT2D eigenvalue weighted by atomic mass is 10.2. The Labute approximate surface area is 182 Å². The van der Waals surface area contributed by atoms with E-state index in [4.69, 9.17) is 4.42 Å². The molecular weight excluding hydrogens is 506 g/mol. The predicted octanol–water partition coefficient (Wildman–Crippen LogP) is 5.93. The monoisotopic (exact) mass is 515 g/mol. The lowest BCUT2D eigenvalue weighted by Crippen LogP contribution is -2.13. The summed E-state index contributed by atoms with van der Waals surface area (Å²) < 4.78 is 6.97. The van der Waals surface area contributed by atoms with Gasteiger partial charge in [0, 0.05) is 32.7 Å². The van der Waals surface area contributed by atoms with Crippen LogP contribution in [0.2, 0.25) is 0 Å². The van der Waals surface area contributed by atoms with Gasteiger partial charge in [0.05, 0.1) is 10.6 Å². The van der Waals surface area contributed by atoms with E-state index in [1.807, 2.05) is 30.3 Å². The van der Waals surface area contributed by atoms with Gasteiger partial charge in [0.1, 0.15) is 23.2 Å². The van der Waals surface area contributed by atoms with Gasteiger partial charge in [0.15, 0.2) is 0 Å². The van der Waals surface area contributed by atoms with E-state index in [1.54, 1.807) is 12.1 Å². The number of benzene rings is 2. The van der Waals surface area contributed by atoms with E-state index in [0.717, 1.165) is 10.0 Å². The summed E-state index contributed by atoms with van der Waals surface area (Å²) in [6.45, 7) is 0. The number of nitriles is 1. The van der Waals surface area contributed by atoms with E-state index >= 15 is 0 Å². The molecule has 3 aromatic rings. The summed E-state index contributed by atoms with van der Waals surface area (Å²) in [5.74, 6) is 0.278. The topological polar surface area (TPSA) is 109 Å². The number of rotatable bonds is 5. The smallest absolute Gasteiger partial charge is 0.270 e. The van der Waals surface area contributed by atoms with Gasteiger partial charge in [-0.25, -0.2) is 0 Å². The van der Waals surface area contributed by atoms with E-state index in [1.165, 1.54) is 24.3 Å². The summed E-state index contributed by atoms with van der Waals surface area (Å²) >= 11 is 6.54. The van der Waals surface area contributed by atoms with Crippen molar-refractivity contribution in [2.45, 2.75) is 0 Å². The number of carbonyl (C=O) groups is 1. The minimum atomic E-state index is -0.663. The molecule has 0 radical (unpaired) electrons. The highest BCUT2D eigenvalue weighted by atomic mass is 79.9. The number of furan rings is 1. The Kier molecular flexibility index (Phi) is 6.26. The Bertz CT molecular complexity index is 1160. The van der Waals surface area contributed by atoms with Gasteiger partial charge in [-0.1, -0.05) is 28.1 Å². The second-order valence-corrected chi connectivity index (χ2v) is 7.52. The summed E-state index contributed by atoms with van der Waals surface area (Å²) in [7, 11) is 0. The molecule has 0 unspecified atom stereocenters. The first-order valence-corrected chi connectivity index (χ1v) is 9.69. The highest BCUT2D eigenvalue weighted by molar-refractivity contribution is 9.10. The average Bonchev–Trinajstić information content (AvgIpc) is 3.16. The van der Waals surface area contributed by atoms with Gasteiger partial charge in [-0.2, -0.15) is 5.26 Å². The molecule has 1 amide bonds. The van der Waals surface area contributed by atoms with Gasteiger partial charge in [0.25, 0.3) is 11.6 Å². The number of carbonyl (C=O) groups excluding carboxylic acids is 1. The molecule has 0 saturated heterocycles. The lowest BCUT2D eigenvalue weighted by Gasteiger charge is -2.06. The van der Waals surface area contributed by atoms with Crippen LogP contribution >= 0.6 is 31.9 Å². The molecule has 29 heavy (non-hydrogen) atoms. The SMILES string of the molecule is N#C/C(=C/c1ccc(-c2ccc(Br)cc2)o1)C(=O)Nc1ccc([N+](=O)[O-])cc1Br. The first-order chi connectivity index (χ1) is 13.9. The molecule has 1 N–H and O–H groups in total. The van der Waals surface area contributed by atoms with Crippen molar-refractivity contribution in [1.82, 2.24) is 0 Å². The van der Waals surface area contributed by atoms with Crippen molar-refractivity contribution in [3.05, 3.63) is 85.0 Å². The van der Waals surface area contributed by atoms with Crippen molar-refractivity contribution in [1.29, 1.82) is 5.26 Å². The number of halogens is 2. The van der Waals surface area contributed by atoms with Crippen LogP contribution in [0.1, 0.15) is 5.76 Å². The molecule has 2 aromatic carbocycles. The molecule has 144 valence electrons. The number of nitrogens with one attached hydrogen (secondary N) is 1. The number of nitro benzene ring substituents is 1. The molecule has 0 aliphatic rings. The second-order valence-electron chi connectivity index (χ2n) is 5.75. The van der Waals surface area contributed by atoms with E-state index in [2.05, 4.69) is 37.2 Å². The zero-order valence-corrected chi connectivity index (χ0v) is 17.7. The van der Waals surface area contributed by atoms with Crippen molar-refractivity contribution < 1.29 is 14.1 Å². The standard InChI is InChI=1S/C20H11Br2N3O4/c21-14-3-1-12(2-4-14)19-8-6-16(29-19)9-13(11-23)20(26)24-18-7-5-15(25(27)28)10-17(18)22/h1-10H,(H,24,26)/b13-9-. The van der Waals surface area contributed by atoms with Gasteiger partial charge >= 0.3 is 0 Å². The number of amides is 1. The summed E-state index contributed by atoms with van der Waals surface area (Å²) in [6.07, 6.45) is 1.33. The largest absolute Gasteiger partial charge is 0.457 e. The fourth-order valence-electron chi connectivity index (χ4n) is 2.40. The van der Waals surface area contributed by atoms with Crippen molar-refractivity contribution in [2.75, 3.05) is 5.32 Å². The molecule has 1 aromatic heterocycles. The molecule has 0 atom stereocenters. The highest BCUT2D eigenvalue weighted by Gasteiger charge is 2.15. The molecule has 0 spiro atoms. The fourth-order valence-corrected chi connectivity index (χ4v) is 3.13. The Morgan fingerprint density at radius 3 is 2.48 bits per heavy atom. The maximum absolute atomic E-state index is 12.4. The van der Waals surface area contributed by atoms with Gasteiger partial charge in [-0.05, 0) is 46.3 Å². The van der Waals surface area contributed by atoms with Gasteiger partial charge in [-0.15, -0.1) is 0 Å². The van der Waals surface area contributed by atoms with Crippen LogP contribution < -0.4 is 5.32 Å². The molecule has 0 fully saturated rings. The molecule has 3 rings (SSSR count). The quantitative estimate of drug-likeness (QED) is 0.196. The molecule has 0 saturated carbocycles. The number of hydrogen-bond donors (Lipinski definition) is 1. The summed E-state index contributed by atoms with van der Waals surface area (Å²) in [6, 6.07) is 16.7. The highest BCUT2D eigenvalue weighted by Crippen LogP contribution is 2.28. The summed E-state index contributed by atoms with van der Waals surface area (Å²) in [4.78, 5) is 22.7. The zero-order valence-electron chi connectivity index (χ0n) is 14.6. The van der Waals surface area contributed by atoms with E-state index in [-0.39, 0.29) is 11.3 Å². The minimum absolute atomic E-state index is 0.123.